The van der Waals surface area contributed by atoms with Gasteiger partial charge in [-0.2, -0.15) is 0 Å². The van der Waals surface area contributed by atoms with Gasteiger partial charge in [-0.1, -0.05) is 25.1 Å². The topological polar surface area (TPSA) is 172 Å². The van der Waals surface area contributed by atoms with E-state index < -0.39 is 54.3 Å². The SMILES string of the molecule is CC(=O)OC[C@H]1O[C@@H](ONC(=O)c2cnc(N3CCC(CNCc4cn(C)c5ccccc45)CC3)nc2)[C@H](C)[C@@H](OC(C)=O)[C@H]1OC(C)=O. The monoisotopic (exact) mass is 680 g/mol. The molecule has 2 aromatic heterocycles. The van der Waals surface area contributed by atoms with Crippen LogP contribution in [0.25, 0.3) is 10.9 Å². The molecule has 15 nitrogen and oxygen atoms in total. The highest BCUT2D eigenvalue weighted by Gasteiger charge is 2.49. The highest BCUT2D eigenvalue weighted by Crippen LogP contribution is 2.31. The number of amides is 1. The van der Waals surface area contributed by atoms with E-state index in [2.05, 4.69) is 67.7 Å². The summed E-state index contributed by atoms with van der Waals surface area (Å²) in [5, 5.41) is 4.91. The summed E-state index contributed by atoms with van der Waals surface area (Å²) in [4.78, 5) is 64.7. The Morgan fingerprint density at radius 2 is 1.63 bits per heavy atom. The summed E-state index contributed by atoms with van der Waals surface area (Å²) in [6, 6.07) is 8.42. The molecule has 1 aromatic carbocycles. The first-order valence-corrected chi connectivity index (χ1v) is 16.4. The molecule has 0 unspecified atom stereocenters. The van der Waals surface area contributed by atoms with Crippen LogP contribution in [0.3, 0.4) is 0 Å². The fourth-order valence-electron chi connectivity index (χ4n) is 6.30. The number of hydrogen-bond acceptors (Lipinski definition) is 13. The molecule has 5 rings (SSSR count). The van der Waals surface area contributed by atoms with Gasteiger partial charge in [0.25, 0.3) is 5.91 Å². The van der Waals surface area contributed by atoms with E-state index in [1.54, 1.807) is 6.92 Å². The standard InChI is InChI=1S/C34H44N6O9/c1-20-30(46-22(3)42)31(47-23(4)43)29(19-45-21(2)41)48-33(20)49-38-32(44)25-16-36-34(37-17-25)40-12-10-24(11-13-40)14-35-15-26-18-39(5)28-9-7-6-8-27(26)28/h6-9,16-18,20,24,29-31,33,35H,10-15,19H2,1-5H3,(H,38,44)/t20-,29-,30-,31+,33+/m1/s1. The third-order valence-corrected chi connectivity index (χ3v) is 8.80. The molecule has 4 heterocycles. The zero-order valence-corrected chi connectivity index (χ0v) is 28.4. The maximum atomic E-state index is 12.9. The van der Waals surface area contributed by atoms with Gasteiger partial charge in [-0.15, -0.1) is 0 Å². The largest absolute Gasteiger partial charge is 0.463 e. The molecule has 2 saturated heterocycles. The van der Waals surface area contributed by atoms with Crippen molar-refractivity contribution in [3.8, 4) is 0 Å². The normalized spacial score (nSPS) is 22.8. The van der Waals surface area contributed by atoms with Crippen LogP contribution in [0.15, 0.2) is 42.9 Å². The maximum Gasteiger partial charge on any atom is 0.303 e. The van der Waals surface area contributed by atoms with Crippen molar-refractivity contribution in [2.45, 2.75) is 71.7 Å². The van der Waals surface area contributed by atoms with Gasteiger partial charge < -0.3 is 33.7 Å². The number of hydrogen-bond donors (Lipinski definition) is 2. The van der Waals surface area contributed by atoms with E-state index in [-0.39, 0.29) is 12.2 Å². The lowest BCUT2D eigenvalue weighted by molar-refractivity contribution is -0.298. The number of hydroxylamine groups is 1. The smallest absolute Gasteiger partial charge is 0.303 e. The number of rotatable bonds is 12. The van der Waals surface area contributed by atoms with Crippen LogP contribution < -0.4 is 15.7 Å². The van der Waals surface area contributed by atoms with Crippen molar-refractivity contribution in [3.05, 3.63) is 54.0 Å². The van der Waals surface area contributed by atoms with E-state index in [1.165, 1.54) is 49.6 Å². The van der Waals surface area contributed by atoms with Gasteiger partial charge in [0, 0.05) is 76.9 Å². The van der Waals surface area contributed by atoms with E-state index in [9.17, 15) is 19.2 Å². The number of carbonyl (C=O) groups excluding carboxylic acids is 4. The Bertz CT molecular complexity index is 1620. The van der Waals surface area contributed by atoms with E-state index in [0.717, 1.165) is 39.0 Å². The molecule has 2 aliphatic heterocycles. The molecule has 264 valence electrons. The summed E-state index contributed by atoms with van der Waals surface area (Å²) in [6.45, 7) is 8.32. The highest BCUT2D eigenvalue weighted by atomic mass is 16.8. The van der Waals surface area contributed by atoms with Crippen molar-refractivity contribution < 1.29 is 43.0 Å². The summed E-state index contributed by atoms with van der Waals surface area (Å²) in [7, 11) is 2.07. The quantitative estimate of drug-likeness (QED) is 0.162. The molecular weight excluding hydrogens is 636 g/mol. The molecule has 2 N–H and O–H groups in total. The van der Waals surface area contributed by atoms with Gasteiger partial charge >= 0.3 is 17.9 Å². The van der Waals surface area contributed by atoms with Crippen LogP contribution in [0.5, 0.6) is 0 Å². The summed E-state index contributed by atoms with van der Waals surface area (Å²) in [6.07, 6.45) is 2.74. The molecule has 0 saturated carbocycles. The van der Waals surface area contributed by atoms with Gasteiger partial charge in [0.2, 0.25) is 5.95 Å². The molecule has 2 aliphatic rings. The molecule has 15 heteroatoms. The lowest BCUT2D eigenvalue weighted by atomic mass is 9.92. The summed E-state index contributed by atoms with van der Waals surface area (Å²) >= 11 is 0. The summed E-state index contributed by atoms with van der Waals surface area (Å²) in [5.41, 5.74) is 5.02. The number of aromatic nitrogens is 3. The van der Waals surface area contributed by atoms with Gasteiger partial charge in [-0.3, -0.25) is 19.2 Å². The molecule has 0 bridgehead atoms. The average Bonchev–Trinajstić information content (AvgIpc) is 3.40. The molecule has 49 heavy (non-hydrogen) atoms. The third-order valence-electron chi connectivity index (χ3n) is 8.80. The number of fused-ring (bicyclic) bond motifs is 1. The zero-order chi connectivity index (χ0) is 35.1. The second kappa shape index (κ2) is 16.2. The van der Waals surface area contributed by atoms with Crippen LogP contribution >= 0.6 is 0 Å². The first-order valence-electron chi connectivity index (χ1n) is 16.4. The van der Waals surface area contributed by atoms with Gasteiger partial charge in [0.05, 0.1) is 11.5 Å². The van der Waals surface area contributed by atoms with Crippen molar-refractivity contribution in [2.75, 3.05) is 31.1 Å². The van der Waals surface area contributed by atoms with Crippen molar-refractivity contribution in [1.82, 2.24) is 25.3 Å². The van der Waals surface area contributed by atoms with Crippen molar-refractivity contribution in [2.24, 2.45) is 18.9 Å². The molecule has 3 aromatic rings. The first kappa shape index (κ1) is 35.7. The number of nitrogens with zero attached hydrogens (tertiary/aromatic N) is 4. The van der Waals surface area contributed by atoms with Crippen LogP contribution in [0.2, 0.25) is 0 Å². The van der Waals surface area contributed by atoms with Crippen LogP contribution in [0.1, 0.15) is 56.5 Å². The van der Waals surface area contributed by atoms with Gasteiger partial charge in [0.15, 0.2) is 12.4 Å². The van der Waals surface area contributed by atoms with E-state index in [4.69, 9.17) is 23.8 Å². The number of carbonyl (C=O) groups is 4. The number of para-hydroxylation sites is 1. The van der Waals surface area contributed by atoms with E-state index >= 15 is 0 Å². The predicted octanol–water partition coefficient (Wildman–Crippen LogP) is 2.42. The Balaban J connectivity index is 1.11. The number of aryl methyl sites for hydroxylation is 1. The minimum Gasteiger partial charge on any atom is -0.463 e. The van der Waals surface area contributed by atoms with E-state index in [0.29, 0.717) is 11.9 Å². The Morgan fingerprint density at radius 1 is 0.959 bits per heavy atom. The number of benzene rings is 1. The average molecular weight is 681 g/mol. The number of esters is 3. The van der Waals surface area contributed by atoms with Crippen LogP contribution in [0, 0.1) is 11.8 Å². The summed E-state index contributed by atoms with van der Waals surface area (Å²) < 4.78 is 24.0. The minimum atomic E-state index is -1.15. The Morgan fingerprint density at radius 3 is 2.31 bits per heavy atom. The van der Waals surface area contributed by atoms with Crippen molar-refractivity contribution in [3.63, 3.8) is 0 Å². The highest BCUT2D eigenvalue weighted by molar-refractivity contribution is 5.92. The van der Waals surface area contributed by atoms with Gasteiger partial charge in [0.1, 0.15) is 18.8 Å². The predicted molar refractivity (Wildman–Crippen MR) is 176 cm³/mol. The number of anilines is 1. The van der Waals surface area contributed by atoms with Crippen LogP contribution in [-0.4, -0.2) is 89.2 Å². The second-order valence-corrected chi connectivity index (χ2v) is 12.5. The summed E-state index contributed by atoms with van der Waals surface area (Å²) in [5.74, 6) is -2.10. The van der Waals surface area contributed by atoms with Crippen LogP contribution in [-0.2, 0) is 51.8 Å². The third kappa shape index (κ3) is 9.10. The minimum absolute atomic E-state index is 0.158. The lowest BCUT2D eigenvalue weighted by Gasteiger charge is -2.43. The molecule has 1 amide bonds. The molecule has 0 spiro atoms. The van der Waals surface area contributed by atoms with Crippen molar-refractivity contribution >= 4 is 40.7 Å². The Labute approximate surface area is 284 Å². The lowest BCUT2D eigenvalue weighted by Crippen LogP contribution is -2.59. The fraction of sp³-hybridized carbons (Fsp3) is 0.529. The molecular formula is C34H44N6O9. The fourth-order valence-corrected chi connectivity index (χ4v) is 6.30. The second-order valence-electron chi connectivity index (χ2n) is 12.5. The van der Waals surface area contributed by atoms with Gasteiger partial charge in [-0.25, -0.2) is 20.3 Å². The Kier molecular flexibility index (Phi) is 11.8. The zero-order valence-electron chi connectivity index (χ0n) is 28.4. The van der Waals surface area contributed by atoms with Gasteiger partial charge in [-0.05, 0) is 36.9 Å². The molecule has 2 fully saturated rings. The van der Waals surface area contributed by atoms with Crippen molar-refractivity contribution in [1.29, 1.82) is 0 Å². The first-order chi connectivity index (χ1) is 23.5. The molecule has 0 aliphatic carbocycles. The number of nitrogens with one attached hydrogen (secondary N) is 2. The molecule has 5 atom stereocenters. The number of piperidine rings is 1. The van der Waals surface area contributed by atoms with Crippen LogP contribution in [0.4, 0.5) is 5.95 Å². The molecule has 0 radical (unpaired) electrons. The maximum absolute atomic E-state index is 12.9. The van der Waals surface area contributed by atoms with E-state index in [1.807, 2.05) is 0 Å². The number of ether oxygens (including phenoxy) is 4. The Hall–Kier alpha value is -4.60.